The van der Waals surface area contributed by atoms with Gasteiger partial charge in [0.05, 0.1) is 17.8 Å². The summed E-state index contributed by atoms with van der Waals surface area (Å²) >= 11 is 0. The van der Waals surface area contributed by atoms with Crippen LogP contribution in [-0.2, 0) is 17.8 Å². The molecule has 2 aromatic heterocycles. The van der Waals surface area contributed by atoms with Gasteiger partial charge in [0.1, 0.15) is 11.6 Å². The molecule has 0 spiro atoms. The van der Waals surface area contributed by atoms with Crippen molar-refractivity contribution in [2.75, 3.05) is 18.4 Å². The van der Waals surface area contributed by atoms with E-state index in [4.69, 9.17) is 9.97 Å². The van der Waals surface area contributed by atoms with Crippen LogP contribution in [0.4, 0.5) is 10.1 Å². The van der Waals surface area contributed by atoms with Crippen molar-refractivity contribution in [3.63, 3.8) is 0 Å². The van der Waals surface area contributed by atoms with Crippen LogP contribution in [-0.4, -0.2) is 38.8 Å². The zero-order valence-corrected chi connectivity index (χ0v) is 18.5. The maximum Gasteiger partial charge on any atom is 0.229 e. The van der Waals surface area contributed by atoms with Gasteiger partial charge in [0.25, 0.3) is 0 Å². The summed E-state index contributed by atoms with van der Waals surface area (Å²) in [6.45, 7) is 6.59. The average Bonchev–Trinajstić information content (AvgIpc) is 2.78. The second-order valence-electron chi connectivity index (χ2n) is 8.33. The van der Waals surface area contributed by atoms with E-state index in [1.54, 1.807) is 18.2 Å². The van der Waals surface area contributed by atoms with E-state index < -0.39 is 5.82 Å². The van der Waals surface area contributed by atoms with E-state index in [-0.39, 0.29) is 23.9 Å². The quantitative estimate of drug-likeness (QED) is 0.631. The number of pyridine rings is 1. The summed E-state index contributed by atoms with van der Waals surface area (Å²) in [6.07, 6.45) is 4.08. The minimum atomic E-state index is -0.451. The van der Waals surface area contributed by atoms with Crippen LogP contribution in [0.1, 0.15) is 47.2 Å². The first-order chi connectivity index (χ1) is 15.5. The van der Waals surface area contributed by atoms with Crippen molar-refractivity contribution in [2.24, 2.45) is 0 Å². The van der Waals surface area contributed by atoms with Crippen LogP contribution in [0, 0.1) is 19.7 Å². The molecule has 1 aliphatic rings. The summed E-state index contributed by atoms with van der Waals surface area (Å²) in [4.78, 5) is 28.9. The van der Waals surface area contributed by atoms with Gasteiger partial charge in [0.15, 0.2) is 0 Å². The third-order valence-electron chi connectivity index (χ3n) is 5.91. The number of aryl methyl sites for hydroxylation is 2. The lowest BCUT2D eigenvalue weighted by atomic mass is 9.96. The van der Waals surface area contributed by atoms with Gasteiger partial charge in [-0.15, -0.1) is 0 Å². The van der Waals surface area contributed by atoms with Gasteiger partial charge in [-0.3, -0.25) is 14.7 Å². The minimum Gasteiger partial charge on any atom is -0.323 e. The Morgan fingerprint density at radius 2 is 1.88 bits per heavy atom. The fourth-order valence-electron chi connectivity index (χ4n) is 4.25. The fraction of sp³-hybridized carbons (Fsp3) is 0.360. The molecule has 0 bridgehead atoms. The lowest BCUT2D eigenvalue weighted by molar-refractivity contribution is -0.115. The van der Waals surface area contributed by atoms with Crippen molar-refractivity contribution in [1.82, 2.24) is 19.9 Å². The lowest BCUT2D eigenvalue weighted by Gasteiger charge is -2.32. The zero-order valence-electron chi connectivity index (χ0n) is 18.5. The smallest absolute Gasteiger partial charge is 0.229 e. The number of carbonyl (C=O) groups excluding carboxylic acids is 1. The molecule has 0 unspecified atom stereocenters. The number of rotatable bonds is 6. The highest BCUT2D eigenvalue weighted by Crippen LogP contribution is 2.27. The van der Waals surface area contributed by atoms with E-state index in [0.29, 0.717) is 0 Å². The first kappa shape index (κ1) is 22.0. The van der Waals surface area contributed by atoms with Crippen molar-refractivity contribution >= 4 is 11.6 Å². The molecule has 3 heterocycles. The van der Waals surface area contributed by atoms with Crippen LogP contribution in [0.15, 0.2) is 48.7 Å². The molecule has 1 atom stereocenters. The number of aromatic nitrogens is 3. The largest absolute Gasteiger partial charge is 0.323 e. The van der Waals surface area contributed by atoms with E-state index in [1.807, 2.05) is 32.2 Å². The Morgan fingerprint density at radius 3 is 2.59 bits per heavy atom. The van der Waals surface area contributed by atoms with E-state index in [1.165, 1.54) is 6.07 Å². The highest BCUT2D eigenvalue weighted by Gasteiger charge is 2.25. The van der Waals surface area contributed by atoms with Gasteiger partial charge >= 0.3 is 0 Å². The predicted octanol–water partition coefficient (Wildman–Crippen LogP) is 4.19. The number of para-hydroxylation sites is 1. The van der Waals surface area contributed by atoms with Crippen molar-refractivity contribution in [3.8, 4) is 0 Å². The Morgan fingerprint density at radius 1 is 1.12 bits per heavy atom. The van der Waals surface area contributed by atoms with E-state index in [9.17, 15) is 9.18 Å². The van der Waals surface area contributed by atoms with Gasteiger partial charge < -0.3 is 5.32 Å². The molecule has 0 saturated carbocycles. The molecule has 166 valence electrons. The van der Waals surface area contributed by atoms with Crippen molar-refractivity contribution in [3.05, 3.63) is 82.9 Å². The van der Waals surface area contributed by atoms with Crippen molar-refractivity contribution in [1.29, 1.82) is 0 Å². The van der Waals surface area contributed by atoms with Gasteiger partial charge in [-0.2, -0.15) is 0 Å². The Balaban J connectivity index is 1.44. The molecule has 1 N–H and O–H groups in total. The van der Waals surface area contributed by atoms with Crippen LogP contribution in [0.25, 0.3) is 0 Å². The van der Waals surface area contributed by atoms with Crippen LogP contribution in [0.3, 0.4) is 0 Å². The summed E-state index contributed by atoms with van der Waals surface area (Å²) in [5.41, 5.74) is 3.65. The Hall–Kier alpha value is -3.19. The molecule has 7 heteroatoms. The number of likely N-dealkylation sites (tertiary alicyclic amines) is 1. The summed E-state index contributed by atoms with van der Waals surface area (Å²) in [6, 6.07) is 12.1. The number of anilines is 1. The van der Waals surface area contributed by atoms with Crippen molar-refractivity contribution < 1.29 is 9.18 Å². The highest BCUT2D eigenvalue weighted by atomic mass is 19.1. The summed E-state index contributed by atoms with van der Waals surface area (Å²) in [7, 11) is 0. The van der Waals surface area contributed by atoms with E-state index in [2.05, 4.69) is 21.3 Å². The second kappa shape index (κ2) is 9.96. The molecular formula is C25H28FN5O. The number of carbonyl (C=O) groups is 1. The van der Waals surface area contributed by atoms with E-state index >= 15 is 0 Å². The molecule has 1 saturated heterocycles. The summed E-state index contributed by atoms with van der Waals surface area (Å²) < 4.78 is 13.8. The lowest BCUT2D eigenvalue weighted by Crippen LogP contribution is -2.35. The van der Waals surface area contributed by atoms with Gasteiger partial charge in [-0.1, -0.05) is 18.2 Å². The molecule has 6 nitrogen and oxygen atoms in total. The number of hydrogen-bond acceptors (Lipinski definition) is 5. The summed E-state index contributed by atoms with van der Waals surface area (Å²) in [5.74, 6) is 0.362. The van der Waals surface area contributed by atoms with Crippen LogP contribution in [0.5, 0.6) is 0 Å². The maximum absolute atomic E-state index is 13.8. The maximum atomic E-state index is 13.8. The SMILES string of the molecule is Cc1nc([C@H]2CCCN(Cc3ccccn3)C2)nc(C)c1CC(=O)Nc1ccccc1F. The highest BCUT2D eigenvalue weighted by molar-refractivity contribution is 5.92. The van der Waals surface area contributed by atoms with Crippen LogP contribution in [0.2, 0.25) is 0 Å². The zero-order chi connectivity index (χ0) is 22.5. The van der Waals surface area contributed by atoms with Crippen LogP contribution < -0.4 is 5.32 Å². The molecule has 0 radical (unpaired) electrons. The fourth-order valence-corrected chi connectivity index (χ4v) is 4.25. The average molecular weight is 434 g/mol. The molecule has 1 aromatic carbocycles. The molecule has 3 aromatic rings. The van der Waals surface area contributed by atoms with Gasteiger partial charge in [0, 0.05) is 42.2 Å². The predicted molar refractivity (Wildman–Crippen MR) is 122 cm³/mol. The monoisotopic (exact) mass is 433 g/mol. The molecular weight excluding hydrogens is 405 g/mol. The minimum absolute atomic E-state index is 0.114. The Labute approximate surface area is 187 Å². The number of nitrogens with one attached hydrogen (secondary N) is 1. The summed E-state index contributed by atoms with van der Waals surface area (Å²) in [5, 5.41) is 2.64. The first-order valence-corrected chi connectivity index (χ1v) is 11.0. The first-order valence-electron chi connectivity index (χ1n) is 11.0. The van der Waals surface area contributed by atoms with Crippen molar-refractivity contribution in [2.45, 2.75) is 45.6 Å². The number of amides is 1. The molecule has 4 rings (SSSR count). The molecule has 1 aliphatic heterocycles. The number of benzene rings is 1. The molecule has 1 fully saturated rings. The number of hydrogen-bond donors (Lipinski definition) is 1. The second-order valence-corrected chi connectivity index (χ2v) is 8.33. The van der Waals surface area contributed by atoms with Gasteiger partial charge in [-0.05, 0) is 57.5 Å². The Bertz CT molecular complexity index is 1070. The molecule has 32 heavy (non-hydrogen) atoms. The third-order valence-corrected chi connectivity index (χ3v) is 5.91. The van der Waals surface area contributed by atoms with Gasteiger partial charge in [0.2, 0.25) is 5.91 Å². The number of halogens is 1. The Kier molecular flexibility index (Phi) is 6.85. The standard InChI is InChI=1S/C25H28FN5O/c1-17-21(14-24(32)30-23-11-4-3-10-22(23)26)18(2)29-25(28-17)19-8-7-13-31(15-19)16-20-9-5-6-12-27-20/h3-6,9-12,19H,7-8,13-16H2,1-2H3,(H,30,32)/t19-/m0/s1. The number of nitrogens with zero attached hydrogens (tertiary/aromatic N) is 4. The topological polar surface area (TPSA) is 71.0 Å². The number of piperidine rings is 1. The third kappa shape index (κ3) is 5.34. The molecule has 1 amide bonds. The van der Waals surface area contributed by atoms with Gasteiger partial charge in [-0.25, -0.2) is 14.4 Å². The van der Waals surface area contributed by atoms with E-state index in [0.717, 1.165) is 60.9 Å². The van der Waals surface area contributed by atoms with Crippen LogP contribution >= 0.6 is 0 Å². The normalized spacial score (nSPS) is 16.7. The molecule has 0 aliphatic carbocycles.